The highest BCUT2D eigenvalue weighted by atomic mass is 32.1. The quantitative estimate of drug-likeness (QED) is 0.911. The van der Waals surface area contributed by atoms with E-state index >= 15 is 0 Å². The second-order valence-electron chi connectivity index (χ2n) is 4.17. The monoisotopic (exact) mass is 278 g/mol. The number of benzene rings is 1. The zero-order valence-electron chi connectivity index (χ0n) is 11.3. The lowest BCUT2D eigenvalue weighted by atomic mass is 10.0. The molecule has 1 aromatic heterocycles. The van der Waals surface area contributed by atoms with Crippen LogP contribution in [-0.4, -0.2) is 19.3 Å². The fourth-order valence-electron chi connectivity index (χ4n) is 2.07. The molecule has 3 nitrogen and oxygen atoms in total. The van der Waals surface area contributed by atoms with Gasteiger partial charge < -0.3 is 14.6 Å². The van der Waals surface area contributed by atoms with Crippen molar-refractivity contribution in [1.29, 1.82) is 0 Å². The van der Waals surface area contributed by atoms with Gasteiger partial charge in [-0.15, -0.1) is 11.3 Å². The molecule has 0 radical (unpaired) electrons. The maximum absolute atomic E-state index is 10.6. The lowest BCUT2D eigenvalue weighted by Gasteiger charge is -2.16. The first-order chi connectivity index (χ1) is 9.21. The molecule has 0 saturated carbocycles. The van der Waals surface area contributed by atoms with E-state index in [1.165, 1.54) is 5.56 Å². The van der Waals surface area contributed by atoms with Gasteiger partial charge in [-0.05, 0) is 41.6 Å². The van der Waals surface area contributed by atoms with E-state index in [1.54, 1.807) is 25.6 Å². The molecule has 1 aromatic carbocycles. The van der Waals surface area contributed by atoms with Gasteiger partial charge in [0.25, 0.3) is 0 Å². The fourth-order valence-corrected chi connectivity index (χ4v) is 3.07. The van der Waals surface area contributed by atoms with E-state index in [9.17, 15) is 5.11 Å². The minimum absolute atomic E-state index is 0.670. The Hall–Kier alpha value is -1.52. The largest absolute Gasteiger partial charge is 0.497 e. The molecule has 1 atom stereocenters. The summed E-state index contributed by atoms with van der Waals surface area (Å²) in [6.07, 6.45) is 0.224. The van der Waals surface area contributed by atoms with Gasteiger partial charge in [0.2, 0.25) is 0 Å². The van der Waals surface area contributed by atoms with Crippen LogP contribution in [0.2, 0.25) is 0 Å². The molecular weight excluding hydrogens is 260 g/mol. The Labute approximate surface area is 117 Å². The van der Waals surface area contributed by atoms with Crippen LogP contribution in [0, 0.1) is 0 Å². The van der Waals surface area contributed by atoms with Crippen molar-refractivity contribution in [2.24, 2.45) is 0 Å². The van der Waals surface area contributed by atoms with Gasteiger partial charge in [0.1, 0.15) is 17.6 Å². The van der Waals surface area contributed by atoms with Crippen molar-refractivity contribution in [2.45, 2.75) is 19.4 Å². The molecule has 0 aliphatic rings. The van der Waals surface area contributed by atoms with Crippen molar-refractivity contribution < 1.29 is 14.6 Å². The van der Waals surface area contributed by atoms with Crippen molar-refractivity contribution in [3.8, 4) is 11.5 Å². The second kappa shape index (κ2) is 6.08. The Bertz CT molecular complexity index is 548. The molecule has 102 valence electrons. The molecule has 2 aromatic rings. The zero-order valence-corrected chi connectivity index (χ0v) is 12.2. The molecule has 1 N–H and O–H groups in total. The summed E-state index contributed by atoms with van der Waals surface area (Å²) in [4.78, 5) is 0.967. The second-order valence-corrected chi connectivity index (χ2v) is 5.12. The molecule has 19 heavy (non-hydrogen) atoms. The Kier molecular flexibility index (Phi) is 4.45. The van der Waals surface area contributed by atoms with Crippen LogP contribution in [-0.2, 0) is 6.42 Å². The molecule has 0 bridgehead atoms. The third-order valence-electron chi connectivity index (χ3n) is 3.14. The molecule has 0 amide bonds. The standard InChI is InChI=1S/C15H18O3S/c1-4-10-7-8-19-15(10)14(16)12-9-11(17-2)5-6-13(12)18-3/h5-9,14,16H,4H2,1-3H3. The van der Waals surface area contributed by atoms with Crippen LogP contribution >= 0.6 is 11.3 Å². The Morgan fingerprint density at radius 2 is 2.00 bits per heavy atom. The summed E-state index contributed by atoms with van der Waals surface area (Å²) in [5.74, 6) is 1.38. The molecule has 0 fully saturated rings. The minimum Gasteiger partial charge on any atom is -0.497 e. The zero-order chi connectivity index (χ0) is 13.8. The maximum atomic E-state index is 10.6. The van der Waals surface area contributed by atoms with E-state index in [2.05, 4.69) is 13.0 Å². The van der Waals surface area contributed by atoms with Gasteiger partial charge in [-0.3, -0.25) is 0 Å². The number of aliphatic hydroxyl groups excluding tert-OH is 1. The van der Waals surface area contributed by atoms with Crippen molar-refractivity contribution in [3.63, 3.8) is 0 Å². The average Bonchev–Trinajstić information content (AvgIpc) is 2.94. The highest BCUT2D eigenvalue weighted by Gasteiger charge is 2.20. The fraction of sp³-hybridized carbons (Fsp3) is 0.333. The predicted octanol–water partition coefficient (Wildman–Crippen LogP) is 3.41. The summed E-state index contributed by atoms with van der Waals surface area (Å²) in [6, 6.07) is 7.51. The van der Waals surface area contributed by atoms with Gasteiger partial charge in [-0.1, -0.05) is 6.92 Å². The van der Waals surface area contributed by atoms with Gasteiger partial charge in [0.05, 0.1) is 14.2 Å². The number of thiophene rings is 1. The van der Waals surface area contributed by atoms with Gasteiger partial charge in [0.15, 0.2) is 0 Å². The smallest absolute Gasteiger partial charge is 0.125 e. The molecule has 4 heteroatoms. The minimum atomic E-state index is -0.681. The van der Waals surface area contributed by atoms with Gasteiger partial charge >= 0.3 is 0 Å². The lowest BCUT2D eigenvalue weighted by molar-refractivity contribution is 0.217. The summed E-state index contributed by atoms with van der Waals surface area (Å²) in [7, 11) is 3.22. The lowest BCUT2D eigenvalue weighted by Crippen LogP contribution is -2.03. The molecule has 1 unspecified atom stereocenters. The van der Waals surface area contributed by atoms with Gasteiger partial charge in [-0.25, -0.2) is 0 Å². The van der Waals surface area contributed by atoms with Crippen molar-refractivity contribution in [2.75, 3.05) is 14.2 Å². The van der Waals surface area contributed by atoms with E-state index < -0.39 is 6.10 Å². The molecule has 0 aliphatic carbocycles. The molecule has 2 rings (SSSR count). The van der Waals surface area contributed by atoms with Crippen molar-refractivity contribution in [3.05, 3.63) is 45.6 Å². The Balaban J connectivity index is 2.45. The van der Waals surface area contributed by atoms with Gasteiger partial charge in [-0.2, -0.15) is 0 Å². The van der Waals surface area contributed by atoms with Crippen LogP contribution in [0.1, 0.15) is 29.0 Å². The number of hydrogen-bond acceptors (Lipinski definition) is 4. The molecule has 0 aliphatic heterocycles. The van der Waals surface area contributed by atoms with E-state index in [4.69, 9.17) is 9.47 Å². The van der Waals surface area contributed by atoms with Gasteiger partial charge in [0, 0.05) is 10.4 Å². The number of rotatable bonds is 5. The first kappa shape index (κ1) is 13.9. The number of aliphatic hydroxyl groups is 1. The van der Waals surface area contributed by atoms with E-state index in [0.29, 0.717) is 11.5 Å². The number of aryl methyl sites for hydroxylation is 1. The number of methoxy groups -OCH3 is 2. The normalized spacial score (nSPS) is 12.2. The van der Waals surface area contributed by atoms with E-state index in [0.717, 1.165) is 16.9 Å². The van der Waals surface area contributed by atoms with Crippen molar-refractivity contribution >= 4 is 11.3 Å². The maximum Gasteiger partial charge on any atom is 0.125 e. The Morgan fingerprint density at radius 1 is 1.21 bits per heavy atom. The third kappa shape index (κ3) is 2.74. The summed E-state index contributed by atoms with van der Waals surface area (Å²) < 4.78 is 10.5. The van der Waals surface area contributed by atoms with Crippen molar-refractivity contribution in [1.82, 2.24) is 0 Å². The summed E-state index contributed by atoms with van der Waals surface area (Å²) in [5.41, 5.74) is 1.90. The average molecular weight is 278 g/mol. The molecule has 0 spiro atoms. The van der Waals surface area contributed by atoms with Crippen LogP contribution in [0.15, 0.2) is 29.6 Å². The summed E-state index contributed by atoms with van der Waals surface area (Å²) in [6.45, 7) is 2.08. The summed E-state index contributed by atoms with van der Waals surface area (Å²) in [5, 5.41) is 12.6. The van der Waals surface area contributed by atoms with Crippen LogP contribution in [0.25, 0.3) is 0 Å². The predicted molar refractivity (Wildman–Crippen MR) is 77.3 cm³/mol. The molecule has 0 saturated heterocycles. The van der Waals surface area contributed by atoms with Crippen LogP contribution < -0.4 is 9.47 Å². The SMILES string of the molecule is CCc1ccsc1C(O)c1cc(OC)ccc1OC. The third-order valence-corrected chi connectivity index (χ3v) is 4.15. The Morgan fingerprint density at radius 3 is 2.63 bits per heavy atom. The van der Waals surface area contributed by atoms with E-state index in [-0.39, 0.29) is 0 Å². The summed E-state index contributed by atoms with van der Waals surface area (Å²) >= 11 is 1.56. The molecular formula is C15H18O3S. The van der Waals surface area contributed by atoms with E-state index in [1.807, 2.05) is 23.6 Å². The van der Waals surface area contributed by atoms with Crippen LogP contribution in [0.4, 0.5) is 0 Å². The van der Waals surface area contributed by atoms with Crippen LogP contribution in [0.5, 0.6) is 11.5 Å². The highest BCUT2D eigenvalue weighted by molar-refractivity contribution is 7.10. The molecule has 1 heterocycles. The first-order valence-electron chi connectivity index (χ1n) is 6.17. The highest BCUT2D eigenvalue weighted by Crippen LogP contribution is 2.36. The number of ether oxygens (including phenoxy) is 2. The number of hydrogen-bond donors (Lipinski definition) is 1. The first-order valence-corrected chi connectivity index (χ1v) is 7.05. The topological polar surface area (TPSA) is 38.7 Å². The van der Waals surface area contributed by atoms with Crippen LogP contribution in [0.3, 0.4) is 0 Å².